The first kappa shape index (κ1) is 11.1. The van der Waals surface area contributed by atoms with Gasteiger partial charge in [0, 0.05) is 0 Å². The summed E-state index contributed by atoms with van der Waals surface area (Å²) in [5.74, 6) is 1.39. The zero-order valence-corrected chi connectivity index (χ0v) is 9.98. The van der Waals surface area contributed by atoms with Crippen molar-refractivity contribution in [2.24, 2.45) is 0 Å². The molecule has 2 heterocycles. The van der Waals surface area contributed by atoms with E-state index in [1.54, 1.807) is 24.8 Å². The number of ether oxygens (including phenoxy) is 1. The Bertz CT molecular complexity index is 472. The monoisotopic (exact) mass is 239 g/mol. The van der Waals surface area contributed by atoms with E-state index < -0.39 is 0 Å². The highest BCUT2D eigenvalue weighted by atomic mass is 32.2. The summed E-state index contributed by atoms with van der Waals surface area (Å²) in [6, 6.07) is 1.73. The number of aromatic nitrogens is 3. The second kappa shape index (κ2) is 4.61. The van der Waals surface area contributed by atoms with Crippen LogP contribution in [0.3, 0.4) is 0 Å². The largest absolute Gasteiger partial charge is 0.461 e. The molecule has 5 nitrogen and oxygen atoms in total. The van der Waals surface area contributed by atoms with Crippen molar-refractivity contribution in [2.75, 3.05) is 12.9 Å². The Morgan fingerprint density at radius 1 is 1.56 bits per heavy atom. The van der Waals surface area contributed by atoms with Gasteiger partial charge in [-0.05, 0) is 19.2 Å². The smallest absolute Gasteiger partial charge is 0.354 e. The van der Waals surface area contributed by atoms with Crippen molar-refractivity contribution in [3.63, 3.8) is 0 Å². The summed E-state index contributed by atoms with van der Waals surface area (Å²) in [7, 11) is 0. The van der Waals surface area contributed by atoms with E-state index in [4.69, 9.17) is 4.74 Å². The van der Waals surface area contributed by atoms with E-state index in [1.165, 1.54) is 0 Å². The van der Waals surface area contributed by atoms with Crippen LogP contribution >= 0.6 is 11.8 Å². The van der Waals surface area contributed by atoms with Crippen LogP contribution in [0.1, 0.15) is 23.2 Å². The number of nitrogens with one attached hydrogen (secondary N) is 2. The number of hydrogen-bond acceptors (Lipinski definition) is 4. The molecule has 2 rings (SSSR count). The highest BCUT2D eigenvalue weighted by Gasteiger charge is 2.12. The molecule has 0 aliphatic heterocycles. The van der Waals surface area contributed by atoms with Gasteiger partial charge in [-0.15, -0.1) is 0 Å². The Balaban J connectivity index is 2.25. The minimum Gasteiger partial charge on any atom is -0.461 e. The molecule has 2 aromatic heterocycles. The summed E-state index contributed by atoms with van der Waals surface area (Å²) in [4.78, 5) is 21.8. The molecule has 0 atom stereocenters. The van der Waals surface area contributed by atoms with Crippen LogP contribution in [0.15, 0.2) is 6.07 Å². The molecule has 0 aliphatic rings. The van der Waals surface area contributed by atoms with Gasteiger partial charge in [0.15, 0.2) is 5.65 Å². The predicted molar refractivity (Wildman–Crippen MR) is 63.6 cm³/mol. The minimum absolute atomic E-state index is 0.347. The molecule has 0 bridgehead atoms. The van der Waals surface area contributed by atoms with Gasteiger partial charge in [-0.3, -0.25) is 0 Å². The third kappa shape index (κ3) is 2.06. The molecular weight excluding hydrogens is 226 g/mol. The van der Waals surface area contributed by atoms with Crippen molar-refractivity contribution in [2.45, 2.75) is 12.7 Å². The molecule has 0 radical (unpaired) electrons. The molecule has 0 aromatic carbocycles. The van der Waals surface area contributed by atoms with Gasteiger partial charge in [-0.2, -0.15) is 11.8 Å². The van der Waals surface area contributed by atoms with Crippen LogP contribution in [0.5, 0.6) is 0 Å². The van der Waals surface area contributed by atoms with Gasteiger partial charge >= 0.3 is 5.97 Å². The number of hydrogen-bond donors (Lipinski definition) is 2. The maximum Gasteiger partial charge on any atom is 0.354 e. The fourth-order valence-electron chi connectivity index (χ4n) is 1.47. The van der Waals surface area contributed by atoms with E-state index in [1.807, 2.05) is 6.26 Å². The third-order valence-corrected chi connectivity index (χ3v) is 2.66. The van der Waals surface area contributed by atoms with Crippen LogP contribution < -0.4 is 0 Å². The number of carbonyl (C=O) groups excluding carboxylic acids is 1. The van der Waals surface area contributed by atoms with Crippen molar-refractivity contribution in [1.82, 2.24) is 15.0 Å². The van der Waals surface area contributed by atoms with Gasteiger partial charge in [0.1, 0.15) is 11.5 Å². The van der Waals surface area contributed by atoms with Crippen LogP contribution in [0.25, 0.3) is 11.2 Å². The van der Waals surface area contributed by atoms with Gasteiger partial charge < -0.3 is 14.7 Å². The lowest BCUT2D eigenvalue weighted by atomic mass is 10.4. The average Bonchev–Trinajstić information content (AvgIpc) is 2.76. The fraction of sp³-hybridized carbons (Fsp3) is 0.400. The van der Waals surface area contributed by atoms with Gasteiger partial charge in [0.2, 0.25) is 0 Å². The third-order valence-electron chi connectivity index (χ3n) is 2.10. The standard InChI is InChI=1S/C10H13N3O2S/c1-3-15-10(14)7-4-6-9(12-7)13-8(11-6)5-16-2/h4,12H,3,5H2,1-2H3,(H,11,13). The topological polar surface area (TPSA) is 70.8 Å². The molecular formula is C10H13N3O2S. The second-order valence-corrected chi connectivity index (χ2v) is 4.15. The average molecular weight is 239 g/mol. The van der Waals surface area contributed by atoms with Gasteiger partial charge in [-0.1, -0.05) is 0 Å². The van der Waals surface area contributed by atoms with Crippen LogP contribution in [0, 0.1) is 0 Å². The Morgan fingerprint density at radius 3 is 3.00 bits per heavy atom. The normalized spacial score (nSPS) is 10.9. The first-order chi connectivity index (χ1) is 7.74. The predicted octanol–water partition coefficient (Wildman–Crippen LogP) is 1.93. The first-order valence-corrected chi connectivity index (χ1v) is 6.37. The van der Waals surface area contributed by atoms with E-state index in [0.29, 0.717) is 17.9 Å². The van der Waals surface area contributed by atoms with Gasteiger partial charge in [-0.25, -0.2) is 9.78 Å². The fourth-order valence-corrected chi connectivity index (χ4v) is 1.88. The van der Waals surface area contributed by atoms with Crippen LogP contribution in [-0.4, -0.2) is 33.8 Å². The quantitative estimate of drug-likeness (QED) is 0.800. The molecule has 2 N–H and O–H groups in total. The van der Waals surface area contributed by atoms with Crippen LogP contribution in [-0.2, 0) is 10.5 Å². The number of thioether (sulfide) groups is 1. The molecule has 0 amide bonds. The Morgan fingerprint density at radius 2 is 2.38 bits per heavy atom. The summed E-state index contributed by atoms with van der Waals surface area (Å²) in [5.41, 5.74) is 1.98. The maximum absolute atomic E-state index is 11.4. The van der Waals surface area contributed by atoms with Gasteiger partial charge in [0.25, 0.3) is 0 Å². The number of H-pyrrole nitrogens is 2. The molecule has 0 saturated carbocycles. The van der Waals surface area contributed by atoms with Gasteiger partial charge in [0.05, 0.1) is 17.9 Å². The van der Waals surface area contributed by atoms with Crippen molar-refractivity contribution >= 4 is 28.9 Å². The van der Waals surface area contributed by atoms with Crippen LogP contribution in [0.4, 0.5) is 0 Å². The minimum atomic E-state index is -0.347. The van der Waals surface area contributed by atoms with E-state index in [2.05, 4.69) is 15.0 Å². The molecule has 0 aliphatic carbocycles. The zero-order valence-electron chi connectivity index (χ0n) is 9.16. The summed E-state index contributed by atoms with van der Waals surface area (Å²) < 4.78 is 4.89. The summed E-state index contributed by atoms with van der Waals surface area (Å²) in [6.45, 7) is 2.15. The summed E-state index contributed by atoms with van der Waals surface area (Å²) in [6.07, 6.45) is 2.01. The lowest BCUT2D eigenvalue weighted by Gasteiger charge is -1.97. The highest BCUT2D eigenvalue weighted by molar-refractivity contribution is 7.97. The summed E-state index contributed by atoms with van der Waals surface area (Å²) in [5, 5.41) is 0. The molecule has 86 valence electrons. The van der Waals surface area contributed by atoms with E-state index in [-0.39, 0.29) is 5.97 Å². The molecule has 0 saturated heterocycles. The zero-order chi connectivity index (χ0) is 11.5. The second-order valence-electron chi connectivity index (χ2n) is 3.28. The number of rotatable bonds is 4. The molecule has 16 heavy (non-hydrogen) atoms. The Labute approximate surface area is 97.0 Å². The van der Waals surface area contributed by atoms with Crippen molar-refractivity contribution < 1.29 is 9.53 Å². The van der Waals surface area contributed by atoms with E-state index in [9.17, 15) is 4.79 Å². The number of imidazole rings is 1. The van der Waals surface area contributed by atoms with Crippen molar-refractivity contribution in [1.29, 1.82) is 0 Å². The van der Waals surface area contributed by atoms with Crippen molar-refractivity contribution in [3.05, 3.63) is 17.6 Å². The number of nitrogens with zero attached hydrogens (tertiary/aromatic N) is 1. The molecule has 2 aromatic rings. The molecule has 0 spiro atoms. The number of carbonyl (C=O) groups is 1. The molecule has 0 unspecified atom stereocenters. The summed E-state index contributed by atoms with van der Waals surface area (Å²) >= 11 is 1.69. The number of aromatic amines is 2. The first-order valence-electron chi connectivity index (χ1n) is 4.98. The van der Waals surface area contributed by atoms with Crippen LogP contribution in [0.2, 0.25) is 0 Å². The van der Waals surface area contributed by atoms with E-state index >= 15 is 0 Å². The number of esters is 1. The van der Waals surface area contributed by atoms with E-state index in [0.717, 1.165) is 17.1 Å². The number of fused-ring (bicyclic) bond motifs is 1. The maximum atomic E-state index is 11.4. The molecule has 6 heteroatoms. The highest BCUT2D eigenvalue weighted by Crippen LogP contribution is 2.15. The Hall–Kier alpha value is -1.43. The lowest BCUT2D eigenvalue weighted by Crippen LogP contribution is -2.04. The van der Waals surface area contributed by atoms with Crippen molar-refractivity contribution in [3.8, 4) is 0 Å². The lowest BCUT2D eigenvalue weighted by molar-refractivity contribution is 0.0520. The Kier molecular flexibility index (Phi) is 3.19. The SMILES string of the molecule is CCOC(=O)c1cc2[nH]c(CSC)nc2[nH]1. The molecule has 0 fully saturated rings.